The number of ether oxygens (including phenoxy) is 1. The highest BCUT2D eigenvalue weighted by atomic mass is 16.5. The fourth-order valence-corrected chi connectivity index (χ4v) is 2.61. The third-order valence-electron chi connectivity index (χ3n) is 4.07. The quantitative estimate of drug-likeness (QED) is 0.849. The van der Waals surface area contributed by atoms with Crippen LogP contribution >= 0.6 is 0 Å². The van der Waals surface area contributed by atoms with Gasteiger partial charge in [0.2, 0.25) is 0 Å². The second-order valence-corrected chi connectivity index (χ2v) is 5.95. The molecule has 0 bridgehead atoms. The third-order valence-corrected chi connectivity index (χ3v) is 4.07. The second-order valence-electron chi connectivity index (χ2n) is 5.95. The van der Waals surface area contributed by atoms with Crippen molar-refractivity contribution in [3.05, 3.63) is 29.8 Å². The molecule has 0 atom stereocenters. The van der Waals surface area contributed by atoms with Crippen LogP contribution in [0.25, 0.3) is 0 Å². The Morgan fingerprint density at radius 3 is 2.36 bits per heavy atom. The van der Waals surface area contributed by atoms with Crippen molar-refractivity contribution in [1.29, 1.82) is 0 Å². The number of methoxy groups -OCH3 is 1. The normalized spacial score (nSPS) is 15.3. The van der Waals surface area contributed by atoms with Gasteiger partial charge in [0.05, 0.1) is 6.61 Å². The summed E-state index contributed by atoms with van der Waals surface area (Å²) < 4.78 is 4.94. The summed E-state index contributed by atoms with van der Waals surface area (Å²) >= 11 is 0. The summed E-state index contributed by atoms with van der Waals surface area (Å²) in [6.07, 6.45) is 0. The van der Waals surface area contributed by atoms with Gasteiger partial charge in [-0.1, -0.05) is 26.0 Å². The summed E-state index contributed by atoms with van der Waals surface area (Å²) in [6.45, 7) is 8.78. The first-order valence-electron chi connectivity index (χ1n) is 7.98. The van der Waals surface area contributed by atoms with Crippen LogP contribution in [0.1, 0.15) is 25.3 Å². The van der Waals surface area contributed by atoms with Crippen LogP contribution < -0.4 is 10.2 Å². The zero-order chi connectivity index (χ0) is 15.9. The molecule has 0 saturated carbocycles. The minimum atomic E-state index is 0.00635. The van der Waals surface area contributed by atoms with Crippen LogP contribution in [-0.4, -0.2) is 57.4 Å². The molecule has 22 heavy (non-hydrogen) atoms. The number of anilines is 1. The Bertz CT molecular complexity index is 465. The first-order valence-corrected chi connectivity index (χ1v) is 7.98. The van der Waals surface area contributed by atoms with E-state index in [0.29, 0.717) is 19.1 Å². The van der Waals surface area contributed by atoms with Crippen LogP contribution in [0.4, 0.5) is 10.5 Å². The van der Waals surface area contributed by atoms with E-state index in [1.54, 1.807) is 7.11 Å². The van der Waals surface area contributed by atoms with Gasteiger partial charge in [-0.25, -0.2) is 4.79 Å². The monoisotopic (exact) mass is 305 g/mol. The number of urea groups is 1. The van der Waals surface area contributed by atoms with Crippen LogP contribution in [0.2, 0.25) is 0 Å². The van der Waals surface area contributed by atoms with Gasteiger partial charge in [-0.15, -0.1) is 0 Å². The van der Waals surface area contributed by atoms with Crippen LogP contribution in [0.3, 0.4) is 0 Å². The number of hydrogen-bond donors (Lipinski definition) is 1. The molecule has 2 rings (SSSR count). The lowest BCUT2D eigenvalue weighted by Gasteiger charge is -2.36. The van der Waals surface area contributed by atoms with E-state index in [2.05, 4.69) is 48.3 Å². The van der Waals surface area contributed by atoms with Gasteiger partial charge in [-0.3, -0.25) is 0 Å². The van der Waals surface area contributed by atoms with E-state index in [-0.39, 0.29) is 6.03 Å². The molecule has 0 radical (unpaired) electrons. The zero-order valence-electron chi connectivity index (χ0n) is 13.8. The first-order chi connectivity index (χ1) is 10.6. The van der Waals surface area contributed by atoms with Crippen LogP contribution in [0, 0.1) is 0 Å². The number of hydrogen-bond acceptors (Lipinski definition) is 3. The van der Waals surface area contributed by atoms with Crippen molar-refractivity contribution in [2.24, 2.45) is 0 Å². The van der Waals surface area contributed by atoms with Gasteiger partial charge in [-0.05, 0) is 23.6 Å². The second kappa shape index (κ2) is 8.03. The molecule has 0 spiro atoms. The molecule has 2 amide bonds. The van der Waals surface area contributed by atoms with E-state index < -0.39 is 0 Å². The molecule has 0 aromatic heterocycles. The molecule has 1 aliphatic heterocycles. The van der Waals surface area contributed by atoms with E-state index in [0.717, 1.165) is 26.2 Å². The summed E-state index contributed by atoms with van der Waals surface area (Å²) in [5.41, 5.74) is 2.60. The maximum atomic E-state index is 12.0. The highest BCUT2D eigenvalue weighted by molar-refractivity contribution is 5.74. The number of amides is 2. The highest BCUT2D eigenvalue weighted by Gasteiger charge is 2.20. The molecular weight excluding hydrogens is 278 g/mol. The molecule has 0 unspecified atom stereocenters. The molecular formula is C17H27N3O2. The Morgan fingerprint density at radius 2 is 1.82 bits per heavy atom. The van der Waals surface area contributed by atoms with E-state index in [1.807, 2.05) is 4.90 Å². The molecule has 122 valence electrons. The van der Waals surface area contributed by atoms with E-state index >= 15 is 0 Å². The van der Waals surface area contributed by atoms with Crippen molar-refractivity contribution in [2.45, 2.75) is 19.8 Å². The Kier molecular flexibility index (Phi) is 6.07. The average molecular weight is 305 g/mol. The number of rotatable bonds is 5. The molecule has 0 aliphatic carbocycles. The Labute approximate surface area is 133 Å². The fraction of sp³-hybridized carbons (Fsp3) is 0.588. The molecule has 1 aromatic rings. The van der Waals surface area contributed by atoms with Crippen molar-refractivity contribution < 1.29 is 9.53 Å². The number of nitrogens with one attached hydrogen (secondary N) is 1. The number of carbonyl (C=O) groups excluding carboxylic acids is 1. The van der Waals surface area contributed by atoms with Gasteiger partial charge in [-0.2, -0.15) is 0 Å². The molecule has 1 aliphatic rings. The maximum absolute atomic E-state index is 12.0. The zero-order valence-corrected chi connectivity index (χ0v) is 13.8. The van der Waals surface area contributed by atoms with Gasteiger partial charge in [0.15, 0.2) is 0 Å². The molecule has 1 heterocycles. The summed E-state index contributed by atoms with van der Waals surface area (Å²) in [4.78, 5) is 16.2. The molecule has 1 saturated heterocycles. The predicted molar refractivity (Wildman–Crippen MR) is 89.6 cm³/mol. The number of benzene rings is 1. The molecule has 1 aromatic carbocycles. The highest BCUT2D eigenvalue weighted by Crippen LogP contribution is 2.21. The van der Waals surface area contributed by atoms with Crippen molar-refractivity contribution in [3.63, 3.8) is 0 Å². The molecule has 1 fully saturated rings. The minimum Gasteiger partial charge on any atom is -0.383 e. The third kappa shape index (κ3) is 4.37. The Hall–Kier alpha value is -1.75. The lowest BCUT2D eigenvalue weighted by atomic mass is 10.0. The SMILES string of the molecule is COCCNC(=O)N1CCN(c2ccc(C(C)C)cc2)CC1. The molecule has 5 nitrogen and oxygen atoms in total. The van der Waals surface area contributed by atoms with E-state index in [9.17, 15) is 4.79 Å². The first kappa shape index (κ1) is 16.6. The smallest absolute Gasteiger partial charge is 0.317 e. The van der Waals surface area contributed by atoms with Crippen LogP contribution in [0.5, 0.6) is 0 Å². The largest absolute Gasteiger partial charge is 0.383 e. The lowest BCUT2D eigenvalue weighted by molar-refractivity contribution is 0.177. The van der Waals surface area contributed by atoms with Crippen molar-refractivity contribution in [2.75, 3.05) is 51.3 Å². The van der Waals surface area contributed by atoms with Gasteiger partial charge in [0, 0.05) is 45.5 Å². The van der Waals surface area contributed by atoms with Crippen molar-refractivity contribution >= 4 is 11.7 Å². The van der Waals surface area contributed by atoms with Crippen molar-refractivity contribution in [1.82, 2.24) is 10.2 Å². The summed E-state index contributed by atoms with van der Waals surface area (Å²) in [5, 5.41) is 2.87. The van der Waals surface area contributed by atoms with Gasteiger partial charge < -0.3 is 19.9 Å². The molecule has 5 heteroatoms. The standard InChI is InChI=1S/C17H27N3O2/c1-14(2)15-4-6-16(7-5-15)19-9-11-20(12-10-19)17(21)18-8-13-22-3/h4-7,14H,8-13H2,1-3H3,(H,18,21). The minimum absolute atomic E-state index is 0.00635. The Balaban J connectivity index is 1.82. The van der Waals surface area contributed by atoms with Crippen molar-refractivity contribution in [3.8, 4) is 0 Å². The molecule has 1 N–H and O–H groups in total. The Morgan fingerprint density at radius 1 is 1.18 bits per heavy atom. The van der Waals surface area contributed by atoms with Crippen LogP contribution in [-0.2, 0) is 4.74 Å². The average Bonchev–Trinajstić information content (AvgIpc) is 2.55. The number of nitrogens with zero attached hydrogens (tertiary/aromatic N) is 2. The van der Waals surface area contributed by atoms with Gasteiger partial charge in [0.1, 0.15) is 0 Å². The summed E-state index contributed by atoms with van der Waals surface area (Å²) in [7, 11) is 1.63. The summed E-state index contributed by atoms with van der Waals surface area (Å²) in [5.74, 6) is 0.557. The van der Waals surface area contributed by atoms with E-state index in [4.69, 9.17) is 4.74 Å². The predicted octanol–water partition coefficient (Wildman–Crippen LogP) is 2.29. The topological polar surface area (TPSA) is 44.8 Å². The number of carbonyl (C=O) groups is 1. The van der Waals surface area contributed by atoms with E-state index in [1.165, 1.54) is 11.3 Å². The summed E-state index contributed by atoms with van der Waals surface area (Å²) in [6, 6.07) is 8.77. The fourth-order valence-electron chi connectivity index (χ4n) is 2.61. The number of piperazine rings is 1. The maximum Gasteiger partial charge on any atom is 0.317 e. The van der Waals surface area contributed by atoms with Crippen LogP contribution in [0.15, 0.2) is 24.3 Å². The van der Waals surface area contributed by atoms with Gasteiger partial charge in [0.25, 0.3) is 0 Å². The lowest BCUT2D eigenvalue weighted by Crippen LogP contribution is -2.52. The van der Waals surface area contributed by atoms with Gasteiger partial charge >= 0.3 is 6.03 Å².